The maximum atomic E-state index is 11.2. The molecule has 78 valence electrons. The van der Waals surface area contributed by atoms with Crippen molar-refractivity contribution in [3.8, 4) is 0 Å². The molecule has 1 unspecified atom stereocenters. The van der Waals surface area contributed by atoms with Gasteiger partial charge >= 0.3 is 5.97 Å². The Morgan fingerprint density at radius 1 is 1.46 bits per heavy atom. The van der Waals surface area contributed by atoms with Gasteiger partial charge in [-0.25, -0.2) is 0 Å². The normalized spacial score (nSPS) is 13.9. The SMILES string of the molecule is CCC(OC(=O)CCN)C(C)(C)C. The molecular weight excluding hydrogens is 166 g/mol. The molecule has 0 bridgehead atoms. The second-order valence-corrected chi connectivity index (χ2v) is 4.29. The van der Waals surface area contributed by atoms with Gasteiger partial charge in [0.2, 0.25) is 0 Å². The molecule has 0 rings (SSSR count). The van der Waals surface area contributed by atoms with E-state index in [0.717, 1.165) is 6.42 Å². The van der Waals surface area contributed by atoms with Crippen LogP contribution in [0.15, 0.2) is 0 Å². The highest BCUT2D eigenvalue weighted by Gasteiger charge is 2.26. The molecule has 0 aliphatic heterocycles. The van der Waals surface area contributed by atoms with Crippen LogP contribution in [0.1, 0.15) is 40.5 Å². The fraction of sp³-hybridized carbons (Fsp3) is 0.900. The summed E-state index contributed by atoms with van der Waals surface area (Å²) in [4.78, 5) is 11.2. The maximum Gasteiger partial charge on any atom is 0.307 e. The first kappa shape index (κ1) is 12.4. The molecule has 0 saturated heterocycles. The summed E-state index contributed by atoms with van der Waals surface area (Å²) >= 11 is 0. The Morgan fingerprint density at radius 3 is 2.31 bits per heavy atom. The maximum absolute atomic E-state index is 11.2. The van der Waals surface area contributed by atoms with E-state index in [9.17, 15) is 4.79 Å². The Balaban J connectivity index is 4.06. The molecule has 0 heterocycles. The summed E-state index contributed by atoms with van der Waals surface area (Å²) in [6, 6.07) is 0. The van der Waals surface area contributed by atoms with E-state index in [1.807, 2.05) is 6.92 Å². The predicted molar refractivity (Wildman–Crippen MR) is 53.3 cm³/mol. The Labute approximate surface area is 80.6 Å². The van der Waals surface area contributed by atoms with Gasteiger partial charge in [-0.3, -0.25) is 4.79 Å². The van der Waals surface area contributed by atoms with E-state index in [1.54, 1.807) is 0 Å². The number of hydrogen-bond acceptors (Lipinski definition) is 3. The van der Waals surface area contributed by atoms with Gasteiger partial charge < -0.3 is 10.5 Å². The Kier molecular flexibility index (Phi) is 4.99. The van der Waals surface area contributed by atoms with Crippen LogP contribution in [-0.2, 0) is 9.53 Å². The van der Waals surface area contributed by atoms with E-state index < -0.39 is 0 Å². The van der Waals surface area contributed by atoms with E-state index in [-0.39, 0.29) is 17.5 Å². The van der Waals surface area contributed by atoms with Crippen LogP contribution in [0.5, 0.6) is 0 Å². The summed E-state index contributed by atoms with van der Waals surface area (Å²) in [6.45, 7) is 8.58. The quantitative estimate of drug-likeness (QED) is 0.681. The lowest BCUT2D eigenvalue weighted by molar-refractivity contribution is -0.154. The zero-order valence-corrected chi connectivity index (χ0v) is 9.09. The van der Waals surface area contributed by atoms with Gasteiger partial charge in [0.1, 0.15) is 6.10 Å². The number of rotatable bonds is 4. The monoisotopic (exact) mass is 187 g/mol. The molecule has 1 atom stereocenters. The third-order valence-corrected chi connectivity index (χ3v) is 1.96. The molecule has 0 radical (unpaired) electrons. The number of hydrogen-bond donors (Lipinski definition) is 1. The number of esters is 1. The Bertz CT molecular complexity index is 161. The summed E-state index contributed by atoms with van der Waals surface area (Å²) in [5.41, 5.74) is 5.27. The average Bonchev–Trinajstić information content (AvgIpc) is 1.98. The van der Waals surface area contributed by atoms with Crippen LogP contribution in [0.2, 0.25) is 0 Å². The van der Waals surface area contributed by atoms with Crippen molar-refractivity contribution in [2.45, 2.75) is 46.6 Å². The second-order valence-electron chi connectivity index (χ2n) is 4.29. The van der Waals surface area contributed by atoms with Crippen LogP contribution >= 0.6 is 0 Å². The zero-order chi connectivity index (χ0) is 10.5. The van der Waals surface area contributed by atoms with Gasteiger partial charge in [-0.2, -0.15) is 0 Å². The number of nitrogens with two attached hydrogens (primary N) is 1. The summed E-state index contributed by atoms with van der Waals surface area (Å²) in [7, 11) is 0. The first-order valence-electron chi connectivity index (χ1n) is 4.81. The third-order valence-electron chi connectivity index (χ3n) is 1.96. The molecule has 0 aromatic heterocycles. The molecule has 2 N–H and O–H groups in total. The van der Waals surface area contributed by atoms with E-state index in [1.165, 1.54) is 0 Å². The van der Waals surface area contributed by atoms with Crippen molar-refractivity contribution in [1.82, 2.24) is 0 Å². The first-order valence-corrected chi connectivity index (χ1v) is 4.81. The van der Waals surface area contributed by atoms with Gasteiger partial charge in [0.25, 0.3) is 0 Å². The van der Waals surface area contributed by atoms with Crippen LogP contribution < -0.4 is 5.73 Å². The van der Waals surface area contributed by atoms with Crippen molar-refractivity contribution in [3.05, 3.63) is 0 Å². The van der Waals surface area contributed by atoms with Gasteiger partial charge in [-0.15, -0.1) is 0 Å². The lowest BCUT2D eigenvalue weighted by atomic mass is 9.87. The molecule has 3 heteroatoms. The Hall–Kier alpha value is -0.570. The molecular formula is C10H21NO2. The largest absolute Gasteiger partial charge is 0.462 e. The van der Waals surface area contributed by atoms with Gasteiger partial charge in [-0.1, -0.05) is 27.7 Å². The molecule has 0 amide bonds. The van der Waals surface area contributed by atoms with E-state index >= 15 is 0 Å². The lowest BCUT2D eigenvalue weighted by Gasteiger charge is -2.29. The fourth-order valence-corrected chi connectivity index (χ4v) is 1.21. The molecule has 0 aromatic rings. The van der Waals surface area contributed by atoms with Crippen LogP contribution in [-0.4, -0.2) is 18.6 Å². The molecule has 0 aliphatic rings. The summed E-state index contributed by atoms with van der Waals surface area (Å²) in [5, 5.41) is 0. The van der Waals surface area contributed by atoms with Gasteiger partial charge in [0, 0.05) is 6.54 Å². The summed E-state index contributed by atoms with van der Waals surface area (Å²) in [6.07, 6.45) is 1.15. The van der Waals surface area contributed by atoms with Crippen molar-refractivity contribution in [1.29, 1.82) is 0 Å². The van der Waals surface area contributed by atoms with E-state index in [2.05, 4.69) is 20.8 Å². The lowest BCUT2D eigenvalue weighted by Crippen LogP contribution is -2.31. The van der Waals surface area contributed by atoms with Crippen molar-refractivity contribution >= 4 is 5.97 Å². The predicted octanol–water partition coefficient (Wildman–Crippen LogP) is 1.70. The van der Waals surface area contributed by atoms with Crippen LogP contribution in [0.25, 0.3) is 0 Å². The fourth-order valence-electron chi connectivity index (χ4n) is 1.21. The van der Waals surface area contributed by atoms with Crippen molar-refractivity contribution in [2.75, 3.05) is 6.54 Å². The van der Waals surface area contributed by atoms with Gasteiger partial charge in [0.15, 0.2) is 0 Å². The first-order chi connectivity index (χ1) is 5.91. The molecule has 0 saturated carbocycles. The van der Waals surface area contributed by atoms with E-state index in [0.29, 0.717) is 13.0 Å². The Morgan fingerprint density at radius 2 is 2.00 bits per heavy atom. The summed E-state index contributed by atoms with van der Waals surface area (Å²) < 4.78 is 5.29. The smallest absolute Gasteiger partial charge is 0.307 e. The van der Waals surface area contributed by atoms with E-state index in [4.69, 9.17) is 10.5 Å². The third kappa shape index (κ3) is 4.88. The average molecular weight is 187 g/mol. The molecule has 0 aliphatic carbocycles. The van der Waals surface area contributed by atoms with Crippen molar-refractivity contribution < 1.29 is 9.53 Å². The molecule has 0 spiro atoms. The molecule has 3 nitrogen and oxygen atoms in total. The van der Waals surface area contributed by atoms with Crippen LogP contribution in [0.3, 0.4) is 0 Å². The highest BCUT2D eigenvalue weighted by Crippen LogP contribution is 2.24. The second kappa shape index (κ2) is 5.22. The van der Waals surface area contributed by atoms with Crippen molar-refractivity contribution in [3.63, 3.8) is 0 Å². The van der Waals surface area contributed by atoms with Crippen LogP contribution in [0, 0.1) is 5.41 Å². The standard InChI is InChI=1S/C10H21NO2/c1-5-8(10(2,3)4)13-9(12)6-7-11/h8H,5-7,11H2,1-4H3. The minimum Gasteiger partial charge on any atom is -0.462 e. The number of ether oxygens (including phenoxy) is 1. The van der Waals surface area contributed by atoms with Crippen molar-refractivity contribution in [2.24, 2.45) is 11.1 Å². The van der Waals surface area contributed by atoms with Crippen LogP contribution in [0.4, 0.5) is 0 Å². The molecule has 0 fully saturated rings. The van der Waals surface area contributed by atoms with Gasteiger partial charge in [0.05, 0.1) is 6.42 Å². The number of carbonyl (C=O) groups is 1. The highest BCUT2D eigenvalue weighted by atomic mass is 16.5. The minimum atomic E-state index is -0.190. The topological polar surface area (TPSA) is 52.3 Å². The highest BCUT2D eigenvalue weighted by molar-refractivity contribution is 5.69. The molecule has 13 heavy (non-hydrogen) atoms. The van der Waals surface area contributed by atoms with Gasteiger partial charge in [-0.05, 0) is 11.8 Å². The summed E-state index contributed by atoms with van der Waals surface area (Å²) in [5.74, 6) is -0.190. The number of carbonyl (C=O) groups excluding carboxylic acids is 1. The zero-order valence-electron chi connectivity index (χ0n) is 9.09. The minimum absolute atomic E-state index is 0.00782. The molecule has 0 aromatic carbocycles.